The first-order valence-electron chi connectivity index (χ1n) is 13.8. The molecule has 0 bridgehead atoms. The summed E-state index contributed by atoms with van der Waals surface area (Å²) in [5.41, 5.74) is 6.14. The number of likely N-dealkylation sites (N-methyl/N-ethyl adjacent to an activating group) is 1. The molecular formula is C31H45N3OS. The van der Waals surface area contributed by atoms with Crippen molar-refractivity contribution in [2.75, 3.05) is 24.7 Å². The quantitative estimate of drug-likeness (QED) is 0.386. The Morgan fingerprint density at radius 3 is 2.53 bits per heavy atom. The summed E-state index contributed by atoms with van der Waals surface area (Å²) in [6.45, 7) is 5.54. The van der Waals surface area contributed by atoms with Crippen LogP contribution in [0.15, 0.2) is 47.7 Å². The van der Waals surface area contributed by atoms with Crippen LogP contribution >= 0.6 is 11.8 Å². The average Bonchev–Trinajstić information content (AvgIpc) is 2.88. The number of hydrogen-bond donors (Lipinski definition) is 2. The maximum atomic E-state index is 13.8. The lowest BCUT2D eigenvalue weighted by atomic mass is 9.64. The number of thioether (sulfide) groups is 1. The molecule has 3 aliphatic carbocycles. The lowest BCUT2D eigenvalue weighted by Gasteiger charge is -2.43. The minimum atomic E-state index is 0.0575. The molecule has 0 saturated heterocycles. The number of rotatable bonds is 8. The van der Waals surface area contributed by atoms with E-state index in [0.717, 1.165) is 55.8 Å². The first-order chi connectivity index (χ1) is 17.3. The van der Waals surface area contributed by atoms with Crippen LogP contribution in [0.5, 0.6) is 0 Å². The zero-order chi connectivity index (χ0) is 25.7. The van der Waals surface area contributed by atoms with Crippen molar-refractivity contribution >= 4 is 29.1 Å². The Balaban J connectivity index is 1.45. The second kappa shape index (κ2) is 12.0. The highest BCUT2D eigenvalue weighted by molar-refractivity contribution is 7.97. The number of amides is 1. The maximum Gasteiger partial charge on any atom is 0.230 e. The SMILES string of the molecule is CNC1=C(C)CC(C)(C2CCC(CN(C(=O)C3CCC(=N)CC3)c3cccc(CSC)c3)CC2)C=C1. The van der Waals surface area contributed by atoms with Gasteiger partial charge in [0, 0.05) is 42.4 Å². The molecule has 2 fully saturated rings. The topological polar surface area (TPSA) is 56.2 Å². The van der Waals surface area contributed by atoms with Crippen LogP contribution < -0.4 is 10.2 Å². The van der Waals surface area contributed by atoms with E-state index >= 15 is 0 Å². The van der Waals surface area contributed by atoms with Gasteiger partial charge in [0.15, 0.2) is 0 Å². The third-order valence-corrected chi connectivity index (χ3v) is 9.59. The number of carbonyl (C=O) groups is 1. The number of nitrogens with one attached hydrogen (secondary N) is 2. The van der Waals surface area contributed by atoms with Crippen LogP contribution in [0, 0.1) is 28.6 Å². The summed E-state index contributed by atoms with van der Waals surface area (Å²) in [5.74, 6) is 2.57. The molecule has 0 heterocycles. The molecule has 5 heteroatoms. The molecule has 1 amide bonds. The van der Waals surface area contributed by atoms with Crippen LogP contribution in [0.2, 0.25) is 0 Å². The van der Waals surface area contributed by atoms with Gasteiger partial charge in [-0.1, -0.05) is 25.1 Å². The van der Waals surface area contributed by atoms with Gasteiger partial charge in [0.05, 0.1) is 0 Å². The molecule has 2 N–H and O–H groups in total. The lowest BCUT2D eigenvalue weighted by Crippen LogP contribution is -2.42. The Morgan fingerprint density at radius 2 is 1.89 bits per heavy atom. The fourth-order valence-electron chi connectivity index (χ4n) is 6.72. The summed E-state index contributed by atoms with van der Waals surface area (Å²) >= 11 is 1.82. The minimum Gasteiger partial charge on any atom is -0.388 e. The molecule has 0 aromatic heterocycles. The van der Waals surface area contributed by atoms with Gasteiger partial charge in [-0.15, -0.1) is 0 Å². The van der Waals surface area contributed by atoms with Crippen LogP contribution in [0.4, 0.5) is 5.69 Å². The Hall–Kier alpha value is -2.01. The molecule has 1 aromatic carbocycles. The monoisotopic (exact) mass is 507 g/mol. The van der Waals surface area contributed by atoms with E-state index < -0.39 is 0 Å². The van der Waals surface area contributed by atoms with Crippen LogP contribution in [0.25, 0.3) is 0 Å². The Labute approximate surface area is 222 Å². The van der Waals surface area contributed by atoms with Crippen LogP contribution in [0.3, 0.4) is 0 Å². The van der Waals surface area contributed by atoms with Crippen molar-refractivity contribution in [3.63, 3.8) is 0 Å². The summed E-state index contributed by atoms with van der Waals surface area (Å²) in [5, 5.41) is 11.3. The van der Waals surface area contributed by atoms with Crippen LogP contribution in [0.1, 0.15) is 77.2 Å². The highest BCUT2D eigenvalue weighted by atomic mass is 32.2. The largest absolute Gasteiger partial charge is 0.388 e. The van der Waals surface area contributed by atoms with Gasteiger partial charge in [-0.25, -0.2) is 0 Å². The van der Waals surface area contributed by atoms with Crippen molar-refractivity contribution in [3.8, 4) is 0 Å². The van der Waals surface area contributed by atoms with Crippen molar-refractivity contribution in [2.24, 2.45) is 23.2 Å². The first-order valence-corrected chi connectivity index (χ1v) is 15.2. The second-order valence-corrected chi connectivity index (χ2v) is 12.5. The number of benzene rings is 1. The Kier molecular flexibility index (Phi) is 9.03. The summed E-state index contributed by atoms with van der Waals surface area (Å²) in [6, 6.07) is 8.64. The molecule has 2 saturated carbocycles. The summed E-state index contributed by atoms with van der Waals surface area (Å²) in [6.07, 6.45) is 16.1. The zero-order valence-electron chi connectivity index (χ0n) is 22.7. The number of allylic oxidation sites excluding steroid dienone is 3. The van der Waals surface area contributed by atoms with Gasteiger partial charge < -0.3 is 15.6 Å². The predicted octanol–water partition coefficient (Wildman–Crippen LogP) is 7.36. The molecule has 0 aliphatic heterocycles. The van der Waals surface area contributed by atoms with E-state index in [1.807, 2.05) is 18.8 Å². The van der Waals surface area contributed by atoms with Gasteiger partial charge >= 0.3 is 0 Å². The van der Waals surface area contributed by atoms with Gasteiger partial charge in [0.2, 0.25) is 5.91 Å². The van der Waals surface area contributed by atoms with Gasteiger partial charge in [-0.3, -0.25) is 4.79 Å². The average molecular weight is 508 g/mol. The third-order valence-electron chi connectivity index (χ3n) is 8.96. The van der Waals surface area contributed by atoms with Crippen LogP contribution in [-0.4, -0.2) is 31.5 Å². The summed E-state index contributed by atoms with van der Waals surface area (Å²) in [7, 11) is 2.01. The Morgan fingerprint density at radius 1 is 1.17 bits per heavy atom. The van der Waals surface area contributed by atoms with E-state index in [4.69, 9.17) is 5.41 Å². The molecule has 1 unspecified atom stereocenters. The van der Waals surface area contributed by atoms with Crippen molar-refractivity contribution in [1.82, 2.24) is 5.32 Å². The smallest absolute Gasteiger partial charge is 0.230 e. The van der Waals surface area contributed by atoms with Gasteiger partial charge in [0.1, 0.15) is 0 Å². The molecule has 0 radical (unpaired) electrons. The lowest BCUT2D eigenvalue weighted by molar-refractivity contribution is -0.123. The molecule has 4 nitrogen and oxygen atoms in total. The normalized spacial score (nSPS) is 28.8. The molecule has 3 aliphatic rings. The molecule has 196 valence electrons. The van der Waals surface area contributed by atoms with Crippen molar-refractivity contribution < 1.29 is 4.79 Å². The molecule has 1 aromatic rings. The van der Waals surface area contributed by atoms with Gasteiger partial charge in [0.25, 0.3) is 0 Å². The third kappa shape index (κ3) is 6.27. The van der Waals surface area contributed by atoms with Crippen molar-refractivity contribution in [1.29, 1.82) is 5.41 Å². The van der Waals surface area contributed by atoms with Gasteiger partial charge in [-0.05, 0) is 118 Å². The summed E-state index contributed by atoms with van der Waals surface area (Å²) in [4.78, 5) is 16.0. The van der Waals surface area contributed by atoms with E-state index in [-0.39, 0.29) is 17.2 Å². The number of anilines is 1. The highest BCUT2D eigenvalue weighted by Gasteiger charge is 2.38. The number of hydrogen-bond acceptors (Lipinski definition) is 4. The molecule has 36 heavy (non-hydrogen) atoms. The second-order valence-electron chi connectivity index (χ2n) is 11.6. The Bertz CT molecular complexity index is 997. The minimum absolute atomic E-state index is 0.0575. The van der Waals surface area contributed by atoms with E-state index in [2.05, 4.69) is 66.7 Å². The molecule has 1 atom stereocenters. The number of nitrogens with zero attached hydrogens (tertiary/aromatic N) is 1. The standard InChI is InChI=1S/C31H45N3OS/c1-22-19-31(2,17-16-29(22)33-3)26-12-8-23(9-13-26)20-34(28-7-5-6-24(18-28)21-36-4)30(35)25-10-14-27(32)15-11-25/h5-7,16-18,23,25-26,32-33H,8-15,19-21H2,1-4H3. The predicted molar refractivity (Wildman–Crippen MR) is 155 cm³/mol. The fraction of sp³-hybridized carbons (Fsp3) is 0.613. The fourth-order valence-corrected chi connectivity index (χ4v) is 7.23. The summed E-state index contributed by atoms with van der Waals surface area (Å²) < 4.78 is 0. The van der Waals surface area contributed by atoms with E-state index in [9.17, 15) is 4.79 Å². The highest BCUT2D eigenvalue weighted by Crippen LogP contribution is 2.47. The van der Waals surface area contributed by atoms with E-state index in [1.54, 1.807) is 0 Å². The van der Waals surface area contributed by atoms with E-state index in [0.29, 0.717) is 11.8 Å². The van der Waals surface area contributed by atoms with Gasteiger partial charge in [-0.2, -0.15) is 11.8 Å². The molecule has 4 rings (SSSR count). The van der Waals surface area contributed by atoms with Crippen molar-refractivity contribution in [3.05, 3.63) is 53.3 Å². The number of carbonyl (C=O) groups excluding carboxylic acids is 1. The molecule has 0 spiro atoms. The van der Waals surface area contributed by atoms with E-state index in [1.165, 1.54) is 42.5 Å². The molecular weight excluding hydrogens is 462 g/mol. The first kappa shape index (κ1) is 27.0. The van der Waals surface area contributed by atoms with Crippen LogP contribution in [-0.2, 0) is 10.5 Å². The van der Waals surface area contributed by atoms with Crippen molar-refractivity contribution in [2.45, 2.75) is 77.4 Å². The zero-order valence-corrected chi connectivity index (χ0v) is 23.6. The maximum absolute atomic E-state index is 13.8.